The van der Waals surface area contributed by atoms with E-state index in [0.717, 1.165) is 24.9 Å². The summed E-state index contributed by atoms with van der Waals surface area (Å²) in [6, 6.07) is 1.97. The van der Waals surface area contributed by atoms with Crippen molar-refractivity contribution in [1.29, 1.82) is 0 Å². The summed E-state index contributed by atoms with van der Waals surface area (Å²) in [5.41, 5.74) is 1.23. The summed E-state index contributed by atoms with van der Waals surface area (Å²) in [6.45, 7) is 1.00. The minimum Gasteiger partial charge on any atom is -0.478 e. The Morgan fingerprint density at radius 1 is 1.57 bits per heavy atom. The number of carboxylic acids is 1. The Labute approximate surface area is 82.0 Å². The number of carbonyl (C=O) groups is 1. The normalized spacial score (nSPS) is 21.0. The number of hydrogen-bond acceptors (Lipinski definition) is 3. The first kappa shape index (κ1) is 9.15. The van der Waals surface area contributed by atoms with Gasteiger partial charge in [-0.05, 0) is 31.0 Å². The lowest BCUT2D eigenvalue weighted by Gasteiger charge is -2.09. The van der Waals surface area contributed by atoms with Crippen molar-refractivity contribution in [2.45, 2.75) is 18.9 Å². The van der Waals surface area contributed by atoms with Crippen LogP contribution in [0.2, 0.25) is 0 Å². The van der Waals surface area contributed by atoms with Crippen LogP contribution in [0, 0.1) is 0 Å². The molecule has 0 aromatic carbocycles. The maximum atomic E-state index is 10.7. The van der Waals surface area contributed by atoms with Gasteiger partial charge in [-0.1, -0.05) is 0 Å². The molecule has 1 fully saturated rings. The van der Waals surface area contributed by atoms with E-state index in [4.69, 9.17) is 5.11 Å². The van der Waals surface area contributed by atoms with Crippen molar-refractivity contribution in [2.24, 2.45) is 0 Å². The van der Waals surface area contributed by atoms with E-state index in [1.807, 2.05) is 0 Å². The molecular formula is C10H12N2O2. The maximum Gasteiger partial charge on any atom is 0.337 e. The van der Waals surface area contributed by atoms with Crippen molar-refractivity contribution in [1.82, 2.24) is 10.3 Å². The Morgan fingerprint density at radius 2 is 2.43 bits per heavy atom. The van der Waals surface area contributed by atoms with Gasteiger partial charge in [0.25, 0.3) is 0 Å². The number of carboxylic acid groups (broad SMARTS) is 1. The molecule has 0 bridgehead atoms. The minimum atomic E-state index is -0.919. The zero-order valence-corrected chi connectivity index (χ0v) is 7.73. The number of pyridine rings is 1. The third kappa shape index (κ3) is 1.75. The van der Waals surface area contributed by atoms with E-state index in [2.05, 4.69) is 10.3 Å². The van der Waals surface area contributed by atoms with Gasteiger partial charge < -0.3 is 10.4 Å². The smallest absolute Gasteiger partial charge is 0.337 e. The van der Waals surface area contributed by atoms with Crippen molar-refractivity contribution in [2.75, 3.05) is 6.54 Å². The standard InChI is InChI=1S/C10H12N2O2/c13-10(14)8-4-7(5-11-6-8)9-2-1-3-12-9/h4-6,9,12H,1-3H2,(H,13,14)/t9-/m0/s1. The van der Waals surface area contributed by atoms with Crippen LogP contribution in [0.15, 0.2) is 18.5 Å². The van der Waals surface area contributed by atoms with Crippen LogP contribution in [0.3, 0.4) is 0 Å². The molecule has 2 rings (SSSR count). The van der Waals surface area contributed by atoms with Crippen LogP contribution < -0.4 is 5.32 Å². The van der Waals surface area contributed by atoms with E-state index in [0.29, 0.717) is 0 Å². The number of aromatic nitrogens is 1. The molecule has 1 aromatic rings. The first-order valence-electron chi connectivity index (χ1n) is 4.69. The molecule has 14 heavy (non-hydrogen) atoms. The van der Waals surface area contributed by atoms with Gasteiger partial charge in [-0.15, -0.1) is 0 Å². The predicted molar refractivity (Wildman–Crippen MR) is 51.2 cm³/mol. The highest BCUT2D eigenvalue weighted by Gasteiger charge is 2.17. The molecule has 0 aliphatic carbocycles. The second-order valence-electron chi connectivity index (χ2n) is 3.46. The largest absolute Gasteiger partial charge is 0.478 e. The van der Waals surface area contributed by atoms with Gasteiger partial charge in [0.1, 0.15) is 0 Å². The Hall–Kier alpha value is -1.42. The molecule has 4 nitrogen and oxygen atoms in total. The monoisotopic (exact) mass is 192 g/mol. The predicted octanol–water partition coefficient (Wildman–Crippen LogP) is 1.20. The Kier molecular flexibility index (Phi) is 2.45. The molecule has 4 heteroatoms. The molecule has 1 atom stereocenters. The van der Waals surface area contributed by atoms with Crippen LogP contribution in [0.25, 0.3) is 0 Å². The fourth-order valence-electron chi connectivity index (χ4n) is 1.73. The molecular weight excluding hydrogens is 180 g/mol. The maximum absolute atomic E-state index is 10.7. The summed E-state index contributed by atoms with van der Waals surface area (Å²) in [4.78, 5) is 14.6. The Balaban J connectivity index is 2.25. The molecule has 0 unspecified atom stereocenters. The summed E-state index contributed by atoms with van der Waals surface area (Å²) < 4.78 is 0. The minimum absolute atomic E-state index is 0.260. The van der Waals surface area contributed by atoms with Crippen LogP contribution in [-0.4, -0.2) is 22.6 Å². The average Bonchev–Trinajstić information content (AvgIpc) is 2.71. The summed E-state index contributed by atoms with van der Waals surface area (Å²) >= 11 is 0. The van der Waals surface area contributed by atoms with E-state index in [-0.39, 0.29) is 11.6 Å². The first-order chi connectivity index (χ1) is 6.77. The molecule has 1 aliphatic rings. The van der Waals surface area contributed by atoms with Crippen LogP contribution in [0.4, 0.5) is 0 Å². The quantitative estimate of drug-likeness (QED) is 0.739. The van der Waals surface area contributed by atoms with Crippen molar-refractivity contribution in [3.8, 4) is 0 Å². The third-order valence-corrected chi connectivity index (χ3v) is 2.47. The topological polar surface area (TPSA) is 62.2 Å². The Morgan fingerprint density at radius 3 is 3.07 bits per heavy atom. The van der Waals surface area contributed by atoms with Crippen molar-refractivity contribution >= 4 is 5.97 Å². The summed E-state index contributed by atoms with van der Waals surface area (Å²) in [5.74, 6) is -0.919. The van der Waals surface area contributed by atoms with Crippen LogP contribution >= 0.6 is 0 Å². The SMILES string of the molecule is O=C(O)c1cncc([C@@H]2CCCN2)c1. The van der Waals surface area contributed by atoms with Gasteiger partial charge in [-0.3, -0.25) is 4.98 Å². The number of nitrogens with zero attached hydrogens (tertiary/aromatic N) is 1. The zero-order chi connectivity index (χ0) is 9.97. The van der Waals surface area contributed by atoms with Crippen LogP contribution in [0.1, 0.15) is 34.8 Å². The molecule has 0 amide bonds. The van der Waals surface area contributed by atoms with E-state index < -0.39 is 5.97 Å². The highest BCUT2D eigenvalue weighted by molar-refractivity contribution is 5.87. The molecule has 2 N–H and O–H groups in total. The van der Waals surface area contributed by atoms with Crippen molar-refractivity contribution < 1.29 is 9.90 Å². The van der Waals surface area contributed by atoms with Crippen molar-refractivity contribution in [3.63, 3.8) is 0 Å². The molecule has 0 spiro atoms. The summed E-state index contributed by atoms with van der Waals surface area (Å²) in [5, 5.41) is 12.1. The molecule has 1 aromatic heterocycles. The lowest BCUT2D eigenvalue weighted by Crippen LogP contribution is -2.13. The molecule has 0 radical (unpaired) electrons. The first-order valence-corrected chi connectivity index (χ1v) is 4.69. The molecule has 1 aliphatic heterocycles. The van der Waals surface area contributed by atoms with Gasteiger partial charge in [-0.2, -0.15) is 0 Å². The summed E-state index contributed by atoms with van der Waals surface area (Å²) in [6.07, 6.45) is 5.31. The van der Waals surface area contributed by atoms with Crippen LogP contribution in [-0.2, 0) is 0 Å². The van der Waals surface area contributed by atoms with Crippen molar-refractivity contribution in [3.05, 3.63) is 29.6 Å². The van der Waals surface area contributed by atoms with Gasteiger partial charge in [0.05, 0.1) is 5.56 Å². The lowest BCUT2D eigenvalue weighted by molar-refractivity contribution is 0.0696. The molecule has 2 heterocycles. The second kappa shape index (κ2) is 3.75. The molecule has 0 saturated carbocycles. The number of rotatable bonds is 2. The van der Waals surface area contributed by atoms with Gasteiger partial charge in [-0.25, -0.2) is 4.79 Å². The highest BCUT2D eigenvalue weighted by atomic mass is 16.4. The molecule has 74 valence electrons. The summed E-state index contributed by atoms with van der Waals surface area (Å²) in [7, 11) is 0. The van der Waals surface area contributed by atoms with E-state index in [9.17, 15) is 4.79 Å². The average molecular weight is 192 g/mol. The highest BCUT2D eigenvalue weighted by Crippen LogP contribution is 2.22. The third-order valence-electron chi connectivity index (χ3n) is 2.47. The number of nitrogens with one attached hydrogen (secondary N) is 1. The number of hydrogen-bond donors (Lipinski definition) is 2. The lowest BCUT2D eigenvalue weighted by atomic mass is 10.1. The molecule has 1 saturated heterocycles. The second-order valence-corrected chi connectivity index (χ2v) is 3.46. The van der Waals surface area contributed by atoms with Gasteiger partial charge in [0, 0.05) is 18.4 Å². The zero-order valence-electron chi connectivity index (χ0n) is 7.73. The van der Waals surface area contributed by atoms with Gasteiger partial charge in [0.2, 0.25) is 0 Å². The van der Waals surface area contributed by atoms with E-state index in [1.54, 1.807) is 12.3 Å². The van der Waals surface area contributed by atoms with Gasteiger partial charge >= 0.3 is 5.97 Å². The van der Waals surface area contributed by atoms with Gasteiger partial charge in [0.15, 0.2) is 0 Å². The fourth-order valence-corrected chi connectivity index (χ4v) is 1.73. The fraction of sp³-hybridized carbons (Fsp3) is 0.400. The van der Waals surface area contributed by atoms with E-state index in [1.165, 1.54) is 6.20 Å². The Bertz CT molecular complexity index is 346. The van der Waals surface area contributed by atoms with E-state index >= 15 is 0 Å². The van der Waals surface area contributed by atoms with Crippen LogP contribution in [0.5, 0.6) is 0 Å². The number of aromatic carboxylic acids is 1.